The number of amides is 2. The van der Waals surface area contributed by atoms with Gasteiger partial charge in [0.05, 0.1) is 31.5 Å². The van der Waals surface area contributed by atoms with Crippen LogP contribution in [0.25, 0.3) is 17.4 Å². The number of furan rings is 1. The van der Waals surface area contributed by atoms with E-state index in [0.717, 1.165) is 0 Å². The highest BCUT2D eigenvalue weighted by Crippen LogP contribution is 2.34. The zero-order chi connectivity index (χ0) is 26.3. The molecule has 3 aromatic carbocycles. The lowest BCUT2D eigenvalue weighted by molar-refractivity contribution is -0.120. The average molecular weight is 588 g/mol. The molecule has 1 saturated heterocycles. The van der Waals surface area contributed by atoms with Crippen molar-refractivity contribution >= 4 is 93.0 Å². The third kappa shape index (κ3) is 4.91. The molecule has 4 aromatic rings. The van der Waals surface area contributed by atoms with Crippen LogP contribution in [0.4, 0.5) is 11.4 Å². The predicted molar refractivity (Wildman–Crippen MR) is 153 cm³/mol. The van der Waals surface area contributed by atoms with Gasteiger partial charge < -0.3 is 4.42 Å². The van der Waals surface area contributed by atoms with Gasteiger partial charge in [-0.25, -0.2) is 0 Å². The highest BCUT2D eigenvalue weighted by Gasteiger charge is 2.41. The molecule has 5 rings (SSSR count). The Labute approximate surface area is 237 Å². The quantitative estimate of drug-likeness (QED) is 0.137. The van der Waals surface area contributed by atoms with Gasteiger partial charge in [-0.05, 0) is 79.0 Å². The van der Waals surface area contributed by atoms with Gasteiger partial charge in [0, 0.05) is 5.56 Å². The van der Waals surface area contributed by atoms with Crippen LogP contribution in [0.1, 0.15) is 5.76 Å². The van der Waals surface area contributed by atoms with Gasteiger partial charge in [0.15, 0.2) is 5.11 Å². The van der Waals surface area contributed by atoms with Crippen molar-refractivity contribution < 1.29 is 14.0 Å². The van der Waals surface area contributed by atoms with Gasteiger partial charge in [0.1, 0.15) is 17.1 Å². The second-order valence-corrected chi connectivity index (χ2v) is 9.88. The van der Waals surface area contributed by atoms with E-state index in [2.05, 4.69) is 0 Å². The molecule has 37 heavy (non-hydrogen) atoms. The Morgan fingerprint density at radius 3 is 1.95 bits per heavy atom. The molecule has 0 bridgehead atoms. The fourth-order valence-electron chi connectivity index (χ4n) is 3.76. The molecule has 10 heteroatoms. The molecule has 5 nitrogen and oxygen atoms in total. The number of benzene rings is 3. The van der Waals surface area contributed by atoms with Crippen LogP contribution in [0.5, 0.6) is 0 Å². The lowest BCUT2D eigenvalue weighted by atomic mass is 10.1. The van der Waals surface area contributed by atoms with E-state index in [4.69, 9.17) is 63.0 Å². The second kappa shape index (κ2) is 10.3. The number of anilines is 2. The SMILES string of the molecule is O=C1C(=Cc2ccc(-c3ccc(Cl)c(Cl)c3)o2)C(=O)N(c2ccc(Cl)c(Cl)c2)C(=S)N1c1ccccc1. The number of thiocarbonyl (C=S) groups is 1. The number of nitrogens with zero attached hydrogens (tertiary/aromatic N) is 2. The highest BCUT2D eigenvalue weighted by atomic mass is 35.5. The molecule has 0 N–H and O–H groups in total. The van der Waals surface area contributed by atoms with Crippen molar-refractivity contribution in [1.82, 2.24) is 0 Å². The van der Waals surface area contributed by atoms with E-state index >= 15 is 0 Å². The number of hydrogen-bond donors (Lipinski definition) is 0. The van der Waals surface area contributed by atoms with Gasteiger partial charge in [-0.1, -0.05) is 64.6 Å². The van der Waals surface area contributed by atoms with Crippen molar-refractivity contribution in [2.75, 3.05) is 9.80 Å². The minimum Gasteiger partial charge on any atom is -0.457 e. The van der Waals surface area contributed by atoms with Crippen molar-refractivity contribution in [2.24, 2.45) is 0 Å². The Kier molecular flexibility index (Phi) is 7.12. The van der Waals surface area contributed by atoms with Crippen LogP contribution in [0.2, 0.25) is 20.1 Å². The molecule has 0 saturated carbocycles. The zero-order valence-electron chi connectivity index (χ0n) is 18.6. The van der Waals surface area contributed by atoms with Crippen LogP contribution in [-0.2, 0) is 9.59 Å². The van der Waals surface area contributed by atoms with Gasteiger partial charge in [0.25, 0.3) is 11.8 Å². The van der Waals surface area contributed by atoms with Gasteiger partial charge in [-0.2, -0.15) is 0 Å². The molecule has 0 spiro atoms. The van der Waals surface area contributed by atoms with Crippen molar-refractivity contribution in [3.8, 4) is 11.3 Å². The summed E-state index contributed by atoms with van der Waals surface area (Å²) in [5.41, 5.74) is 1.39. The lowest BCUT2D eigenvalue weighted by Gasteiger charge is -2.36. The number of rotatable bonds is 4. The number of hydrogen-bond acceptors (Lipinski definition) is 4. The van der Waals surface area contributed by atoms with E-state index < -0.39 is 11.8 Å². The van der Waals surface area contributed by atoms with Crippen molar-refractivity contribution in [1.29, 1.82) is 0 Å². The molecule has 184 valence electrons. The second-order valence-electron chi connectivity index (χ2n) is 7.89. The molecule has 2 heterocycles. The summed E-state index contributed by atoms with van der Waals surface area (Å²) in [4.78, 5) is 29.8. The summed E-state index contributed by atoms with van der Waals surface area (Å²) >= 11 is 30.0. The smallest absolute Gasteiger partial charge is 0.270 e. The minimum atomic E-state index is -0.631. The third-order valence-corrected chi connectivity index (χ3v) is 7.39. The maximum absolute atomic E-state index is 13.7. The van der Waals surface area contributed by atoms with Crippen LogP contribution in [-0.4, -0.2) is 16.9 Å². The molecule has 1 aromatic heterocycles. The van der Waals surface area contributed by atoms with Crippen molar-refractivity contribution in [2.45, 2.75) is 0 Å². The Balaban J connectivity index is 1.60. The molecule has 0 atom stereocenters. The summed E-state index contributed by atoms with van der Waals surface area (Å²) in [6.45, 7) is 0. The van der Waals surface area contributed by atoms with Gasteiger partial charge >= 0.3 is 0 Å². The van der Waals surface area contributed by atoms with Crippen LogP contribution in [0.15, 0.2) is 88.9 Å². The Bertz CT molecular complexity index is 1600. The summed E-state index contributed by atoms with van der Waals surface area (Å²) < 4.78 is 5.92. The van der Waals surface area contributed by atoms with Crippen LogP contribution >= 0.6 is 58.6 Å². The standard InChI is InChI=1S/C27H14Cl4N2O3S/c28-20-9-6-15(12-22(20)30)24-11-8-18(36-24)14-19-25(34)32(16-4-2-1-3-5-16)27(37)33(26(19)35)17-7-10-21(29)23(31)13-17/h1-14H. The molecule has 1 aliphatic rings. The Morgan fingerprint density at radius 1 is 0.676 bits per heavy atom. The summed E-state index contributed by atoms with van der Waals surface area (Å²) in [7, 11) is 0. The molecular weight excluding hydrogens is 574 g/mol. The number of para-hydroxylation sites is 1. The van der Waals surface area contributed by atoms with Crippen LogP contribution in [0.3, 0.4) is 0 Å². The molecular formula is C27H14Cl4N2O3S. The molecule has 0 unspecified atom stereocenters. The van der Waals surface area contributed by atoms with Gasteiger partial charge in [-0.3, -0.25) is 19.4 Å². The minimum absolute atomic E-state index is 0.0207. The summed E-state index contributed by atoms with van der Waals surface area (Å²) in [5, 5.41) is 1.32. The van der Waals surface area contributed by atoms with Crippen molar-refractivity contribution in [3.63, 3.8) is 0 Å². The molecule has 0 aliphatic carbocycles. The predicted octanol–water partition coefficient (Wildman–Crippen LogP) is 8.31. The van der Waals surface area contributed by atoms with Crippen LogP contribution < -0.4 is 9.80 Å². The van der Waals surface area contributed by atoms with E-state index in [0.29, 0.717) is 37.8 Å². The lowest BCUT2D eigenvalue weighted by Crippen LogP contribution is -2.56. The molecule has 2 amide bonds. The number of carbonyl (C=O) groups is 2. The third-order valence-electron chi connectivity index (χ3n) is 5.54. The summed E-state index contributed by atoms with van der Waals surface area (Å²) in [6.07, 6.45) is 1.38. The monoisotopic (exact) mass is 586 g/mol. The van der Waals surface area contributed by atoms with E-state index in [9.17, 15) is 9.59 Å². The zero-order valence-corrected chi connectivity index (χ0v) is 22.5. The molecule has 1 fully saturated rings. The first-order valence-corrected chi connectivity index (χ1v) is 12.7. The van der Waals surface area contributed by atoms with Gasteiger partial charge in [-0.15, -0.1) is 0 Å². The van der Waals surface area contributed by atoms with Crippen LogP contribution in [0, 0.1) is 0 Å². The van der Waals surface area contributed by atoms with E-state index in [1.807, 2.05) is 6.07 Å². The fourth-order valence-corrected chi connectivity index (χ4v) is 4.73. The first kappa shape index (κ1) is 25.5. The normalized spacial score (nSPS) is 15.1. The van der Waals surface area contributed by atoms with Crippen molar-refractivity contribution in [3.05, 3.63) is 110 Å². The van der Waals surface area contributed by atoms with E-state index in [1.54, 1.807) is 66.7 Å². The van der Waals surface area contributed by atoms with E-state index in [1.165, 1.54) is 21.9 Å². The van der Waals surface area contributed by atoms with E-state index in [-0.39, 0.29) is 21.5 Å². The van der Waals surface area contributed by atoms with Gasteiger partial charge in [0.2, 0.25) is 0 Å². The molecule has 1 aliphatic heterocycles. The first-order chi connectivity index (χ1) is 17.7. The fraction of sp³-hybridized carbons (Fsp3) is 0. The topological polar surface area (TPSA) is 53.8 Å². The number of halogens is 4. The highest BCUT2D eigenvalue weighted by molar-refractivity contribution is 7.81. The Hall–Kier alpha value is -3.13. The Morgan fingerprint density at radius 2 is 1.30 bits per heavy atom. The largest absolute Gasteiger partial charge is 0.457 e. The first-order valence-electron chi connectivity index (χ1n) is 10.7. The summed E-state index contributed by atoms with van der Waals surface area (Å²) in [6, 6.07) is 21.9. The summed E-state index contributed by atoms with van der Waals surface area (Å²) in [5.74, 6) is -0.455. The maximum atomic E-state index is 13.7. The maximum Gasteiger partial charge on any atom is 0.270 e. The number of carbonyl (C=O) groups excluding carboxylic acids is 2. The molecule has 0 radical (unpaired) electrons. The average Bonchev–Trinajstić information content (AvgIpc) is 3.35.